The van der Waals surface area contributed by atoms with Crippen LogP contribution >= 0.6 is 0 Å². The highest BCUT2D eigenvalue weighted by molar-refractivity contribution is 5.81. The van der Waals surface area contributed by atoms with E-state index in [-0.39, 0.29) is 18.0 Å². The minimum atomic E-state index is -0.312. The van der Waals surface area contributed by atoms with Gasteiger partial charge in [0.05, 0.1) is 6.61 Å². The molecule has 3 fully saturated rings. The van der Waals surface area contributed by atoms with Gasteiger partial charge in [0.15, 0.2) is 0 Å². The van der Waals surface area contributed by atoms with E-state index in [1.165, 1.54) is 45.1 Å². The van der Waals surface area contributed by atoms with Gasteiger partial charge >= 0.3 is 11.9 Å². The van der Waals surface area contributed by atoms with E-state index in [2.05, 4.69) is 33.4 Å². The molecule has 0 bridgehead atoms. The molecule has 31 heavy (non-hydrogen) atoms. The molecule has 0 saturated heterocycles. The Hall–Kier alpha value is -1.58. The fourth-order valence-corrected chi connectivity index (χ4v) is 8.18. The molecule has 0 radical (unpaired) electrons. The van der Waals surface area contributed by atoms with Crippen molar-refractivity contribution < 1.29 is 19.1 Å². The SMILES string of the molecule is C=CC(=O)OC[C@@H](C)C1CCC2C3=CCC4C[C@@H](OC(C)=O)CC[C@]4(C)C3CC[C@@]21C. The quantitative estimate of drug-likeness (QED) is 0.312. The van der Waals surface area contributed by atoms with Crippen molar-refractivity contribution in [2.75, 3.05) is 6.61 Å². The van der Waals surface area contributed by atoms with E-state index in [0.29, 0.717) is 47.0 Å². The van der Waals surface area contributed by atoms with Gasteiger partial charge in [0.1, 0.15) is 6.10 Å². The third-order valence-electron chi connectivity index (χ3n) is 9.78. The first-order valence-corrected chi connectivity index (χ1v) is 12.4. The zero-order valence-corrected chi connectivity index (χ0v) is 19.8. The summed E-state index contributed by atoms with van der Waals surface area (Å²) in [5.41, 5.74) is 2.38. The maximum atomic E-state index is 11.6. The highest BCUT2D eigenvalue weighted by atomic mass is 16.5. The number of fused-ring (bicyclic) bond motifs is 5. The lowest BCUT2D eigenvalue weighted by Crippen LogP contribution is -2.50. The molecular formula is C27H40O4. The number of hydrogen-bond donors (Lipinski definition) is 0. The molecule has 4 aliphatic carbocycles. The van der Waals surface area contributed by atoms with E-state index in [4.69, 9.17) is 9.47 Å². The van der Waals surface area contributed by atoms with E-state index in [9.17, 15) is 9.59 Å². The molecule has 0 N–H and O–H groups in total. The molecule has 172 valence electrons. The number of hydrogen-bond acceptors (Lipinski definition) is 4. The first-order chi connectivity index (χ1) is 14.7. The van der Waals surface area contributed by atoms with Crippen LogP contribution in [0.25, 0.3) is 0 Å². The summed E-state index contributed by atoms with van der Waals surface area (Å²) in [6.45, 7) is 12.8. The van der Waals surface area contributed by atoms with E-state index in [0.717, 1.165) is 19.3 Å². The van der Waals surface area contributed by atoms with E-state index >= 15 is 0 Å². The predicted molar refractivity (Wildman–Crippen MR) is 121 cm³/mol. The van der Waals surface area contributed by atoms with Crippen molar-refractivity contribution in [3.8, 4) is 0 Å². The Morgan fingerprint density at radius 2 is 1.87 bits per heavy atom. The second-order valence-corrected chi connectivity index (χ2v) is 11.3. The molecule has 0 aromatic carbocycles. The maximum absolute atomic E-state index is 11.6. The van der Waals surface area contributed by atoms with Crippen LogP contribution in [0.3, 0.4) is 0 Å². The highest BCUT2D eigenvalue weighted by Crippen LogP contribution is 2.66. The molecule has 4 nitrogen and oxygen atoms in total. The van der Waals surface area contributed by atoms with Crippen LogP contribution in [0.5, 0.6) is 0 Å². The van der Waals surface area contributed by atoms with Gasteiger partial charge in [-0.3, -0.25) is 4.79 Å². The Kier molecular flexibility index (Phi) is 6.13. The molecule has 0 aromatic heterocycles. The van der Waals surface area contributed by atoms with Crippen molar-refractivity contribution in [3.05, 3.63) is 24.3 Å². The van der Waals surface area contributed by atoms with Crippen molar-refractivity contribution in [3.63, 3.8) is 0 Å². The Morgan fingerprint density at radius 1 is 1.16 bits per heavy atom. The van der Waals surface area contributed by atoms with Crippen LogP contribution in [0.1, 0.15) is 79.1 Å². The molecule has 4 aliphatic rings. The summed E-state index contributed by atoms with van der Waals surface area (Å²) >= 11 is 0. The summed E-state index contributed by atoms with van der Waals surface area (Å²) in [6, 6.07) is 0. The Labute approximate surface area is 187 Å². The topological polar surface area (TPSA) is 52.6 Å². The number of rotatable bonds is 5. The highest BCUT2D eigenvalue weighted by Gasteiger charge is 2.58. The first-order valence-electron chi connectivity index (χ1n) is 12.4. The fraction of sp³-hybridized carbons (Fsp3) is 0.778. The van der Waals surface area contributed by atoms with E-state index in [1.807, 2.05) is 0 Å². The number of carbonyl (C=O) groups excluding carboxylic acids is 2. The van der Waals surface area contributed by atoms with Crippen LogP contribution in [0, 0.1) is 40.4 Å². The van der Waals surface area contributed by atoms with Crippen LogP contribution in [0.2, 0.25) is 0 Å². The van der Waals surface area contributed by atoms with Crippen LogP contribution in [-0.4, -0.2) is 24.6 Å². The molecule has 3 saturated carbocycles. The van der Waals surface area contributed by atoms with Crippen LogP contribution in [0.4, 0.5) is 0 Å². The Morgan fingerprint density at radius 3 is 2.58 bits per heavy atom. The van der Waals surface area contributed by atoms with Gasteiger partial charge in [0, 0.05) is 13.0 Å². The van der Waals surface area contributed by atoms with Crippen LogP contribution in [-0.2, 0) is 19.1 Å². The van der Waals surface area contributed by atoms with Crippen LogP contribution < -0.4 is 0 Å². The fourth-order valence-electron chi connectivity index (χ4n) is 8.18. The minimum Gasteiger partial charge on any atom is -0.463 e. The van der Waals surface area contributed by atoms with E-state index in [1.54, 1.807) is 5.57 Å². The largest absolute Gasteiger partial charge is 0.463 e. The van der Waals surface area contributed by atoms with Gasteiger partial charge in [-0.05, 0) is 91.8 Å². The third kappa shape index (κ3) is 3.89. The average Bonchev–Trinajstić information content (AvgIpc) is 3.09. The van der Waals surface area contributed by atoms with Crippen molar-refractivity contribution in [1.29, 1.82) is 0 Å². The van der Waals surface area contributed by atoms with Gasteiger partial charge in [-0.1, -0.05) is 39.0 Å². The normalized spacial score (nSPS) is 42.3. The van der Waals surface area contributed by atoms with Gasteiger partial charge in [-0.25, -0.2) is 4.79 Å². The Bertz CT molecular complexity index is 769. The zero-order chi connectivity index (χ0) is 22.4. The number of ether oxygens (including phenoxy) is 2. The molecule has 4 rings (SSSR count). The maximum Gasteiger partial charge on any atom is 0.330 e. The summed E-state index contributed by atoms with van der Waals surface area (Å²) in [4.78, 5) is 23.0. The second kappa shape index (κ2) is 8.41. The summed E-state index contributed by atoms with van der Waals surface area (Å²) < 4.78 is 11.0. The zero-order valence-electron chi connectivity index (χ0n) is 19.8. The average molecular weight is 429 g/mol. The second-order valence-electron chi connectivity index (χ2n) is 11.3. The molecule has 0 amide bonds. The monoisotopic (exact) mass is 428 g/mol. The molecule has 4 unspecified atom stereocenters. The van der Waals surface area contributed by atoms with Crippen molar-refractivity contribution >= 4 is 11.9 Å². The summed E-state index contributed by atoms with van der Waals surface area (Å²) in [5, 5.41) is 0. The molecule has 8 atom stereocenters. The summed E-state index contributed by atoms with van der Waals surface area (Å²) in [6.07, 6.45) is 13.3. The molecular weight excluding hydrogens is 388 g/mol. The minimum absolute atomic E-state index is 0.106. The Balaban J connectivity index is 1.50. The van der Waals surface area contributed by atoms with Gasteiger partial charge in [0.2, 0.25) is 0 Å². The third-order valence-corrected chi connectivity index (χ3v) is 9.78. The van der Waals surface area contributed by atoms with Crippen molar-refractivity contribution in [1.82, 2.24) is 0 Å². The predicted octanol–water partition coefficient (Wildman–Crippen LogP) is 5.86. The molecule has 0 aliphatic heterocycles. The number of carbonyl (C=O) groups is 2. The van der Waals surface area contributed by atoms with Crippen LogP contribution in [0.15, 0.2) is 24.3 Å². The molecule has 0 heterocycles. The van der Waals surface area contributed by atoms with Gasteiger partial charge in [-0.2, -0.15) is 0 Å². The lowest BCUT2D eigenvalue weighted by Gasteiger charge is -2.58. The molecule has 0 aromatic rings. The molecule has 4 heteroatoms. The standard InChI is InChI=1S/C27H40O4/c1-6-25(29)30-16-17(2)22-9-10-23-21-8-7-19-15-20(31-18(3)28)11-13-26(19,4)24(21)12-14-27(22,23)5/h6,8,17,19-20,22-24H,1,7,9-16H2,2-5H3/t17-,19?,20+,22?,23?,24?,26+,27-/m1/s1. The van der Waals surface area contributed by atoms with E-state index < -0.39 is 0 Å². The first kappa shape index (κ1) is 22.6. The lowest BCUT2D eigenvalue weighted by atomic mass is 9.47. The molecule has 0 spiro atoms. The summed E-state index contributed by atoms with van der Waals surface area (Å²) in [7, 11) is 0. The summed E-state index contributed by atoms with van der Waals surface area (Å²) in [5.74, 6) is 2.49. The number of esters is 2. The van der Waals surface area contributed by atoms with Gasteiger partial charge in [0.25, 0.3) is 0 Å². The van der Waals surface area contributed by atoms with Gasteiger partial charge < -0.3 is 9.47 Å². The lowest BCUT2D eigenvalue weighted by molar-refractivity contribution is -0.152. The van der Waals surface area contributed by atoms with Crippen molar-refractivity contribution in [2.45, 2.75) is 85.2 Å². The van der Waals surface area contributed by atoms with Gasteiger partial charge in [-0.15, -0.1) is 0 Å². The van der Waals surface area contributed by atoms with Crippen molar-refractivity contribution in [2.24, 2.45) is 40.4 Å². The smallest absolute Gasteiger partial charge is 0.330 e. The number of allylic oxidation sites excluding steroid dienone is 2.